The fourth-order valence-corrected chi connectivity index (χ4v) is 1.74. The molecule has 0 aliphatic carbocycles. The number of aryl methyl sites for hydroxylation is 3. The molecule has 0 saturated heterocycles. The van der Waals surface area contributed by atoms with Crippen molar-refractivity contribution < 1.29 is 14.3 Å². The number of ether oxygens (including phenoxy) is 1. The van der Waals surface area contributed by atoms with E-state index in [1.54, 1.807) is 6.92 Å². The van der Waals surface area contributed by atoms with E-state index in [0.29, 0.717) is 11.4 Å². The topological polar surface area (TPSA) is 93.2 Å². The third-order valence-electron chi connectivity index (χ3n) is 3.03. The van der Waals surface area contributed by atoms with Crippen molar-refractivity contribution in [3.63, 3.8) is 0 Å². The van der Waals surface area contributed by atoms with Gasteiger partial charge in [-0.1, -0.05) is 12.1 Å². The van der Waals surface area contributed by atoms with Crippen LogP contribution in [0.1, 0.15) is 27.3 Å². The first-order valence-corrected chi connectivity index (χ1v) is 7.03. The Hall–Kier alpha value is -2.96. The molecular weight excluding hydrogens is 296 g/mol. The van der Waals surface area contributed by atoms with E-state index in [1.165, 1.54) is 12.4 Å². The molecule has 2 aromatic rings. The van der Waals surface area contributed by atoms with Gasteiger partial charge in [0.05, 0.1) is 11.9 Å². The molecule has 2 amide bonds. The standard InChI is InChI=1S/C16H18N4O3/c1-10-4-5-11(2)14(6-10)23-9-15(21)19-20-16(22)13-8-17-12(3)7-18-13/h4-8H,9H2,1-3H3,(H,19,21)(H,20,22). The van der Waals surface area contributed by atoms with E-state index in [4.69, 9.17) is 4.74 Å². The van der Waals surface area contributed by atoms with E-state index in [-0.39, 0.29) is 12.3 Å². The van der Waals surface area contributed by atoms with Crippen molar-refractivity contribution in [1.29, 1.82) is 0 Å². The van der Waals surface area contributed by atoms with Gasteiger partial charge in [0.1, 0.15) is 11.4 Å². The van der Waals surface area contributed by atoms with Crippen LogP contribution in [0.15, 0.2) is 30.6 Å². The zero-order valence-corrected chi connectivity index (χ0v) is 13.2. The molecule has 0 aliphatic heterocycles. The minimum atomic E-state index is -0.544. The second-order valence-corrected chi connectivity index (χ2v) is 5.10. The van der Waals surface area contributed by atoms with Crippen molar-refractivity contribution >= 4 is 11.8 Å². The van der Waals surface area contributed by atoms with Crippen molar-refractivity contribution in [2.24, 2.45) is 0 Å². The lowest BCUT2D eigenvalue weighted by molar-refractivity contribution is -0.123. The smallest absolute Gasteiger partial charge is 0.289 e. The summed E-state index contributed by atoms with van der Waals surface area (Å²) in [5, 5.41) is 0. The van der Waals surface area contributed by atoms with Crippen LogP contribution < -0.4 is 15.6 Å². The van der Waals surface area contributed by atoms with Gasteiger partial charge in [-0.05, 0) is 38.0 Å². The van der Waals surface area contributed by atoms with Gasteiger partial charge in [-0.15, -0.1) is 0 Å². The summed E-state index contributed by atoms with van der Waals surface area (Å²) in [6.45, 7) is 5.39. The van der Waals surface area contributed by atoms with Crippen molar-refractivity contribution in [2.45, 2.75) is 20.8 Å². The van der Waals surface area contributed by atoms with Gasteiger partial charge >= 0.3 is 0 Å². The van der Waals surface area contributed by atoms with Crippen LogP contribution in [0.5, 0.6) is 5.75 Å². The number of benzene rings is 1. The van der Waals surface area contributed by atoms with Crippen LogP contribution in [0.4, 0.5) is 0 Å². The average Bonchev–Trinajstić information content (AvgIpc) is 2.54. The zero-order valence-electron chi connectivity index (χ0n) is 13.2. The molecule has 0 atom stereocenters. The van der Waals surface area contributed by atoms with Gasteiger partial charge in [0.25, 0.3) is 11.8 Å². The number of rotatable bonds is 4. The molecule has 2 N–H and O–H groups in total. The van der Waals surface area contributed by atoms with E-state index in [1.807, 2.05) is 32.0 Å². The highest BCUT2D eigenvalue weighted by molar-refractivity contribution is 5.93. The maximum absolute atomic E-state index is 11.8. The SMILES string of the molecule is Cc1ccc(C)c(OCC(=O)NNC(=O)c2cnc(C)cn2)c1. The van der Waals surface area contributed by atoms with E-state index >= 15 is 0 Å². The molecular formula is C16H18N4O3. The number of hydrazine groups is 1. The Morgan fingerprint density at radius 3 is 2.57 bits per heavy atom. The Balaban J connectivity index is 1.82. The normalized spacial score (nSPS) is 10.0. The number of carbonyl (C=O) groups excluding carboxylic acids is 2. The summed E-state index contributed by atoms with van der Waals surface area (Å²) in [5.74, 6) is -0.382. The van der Waals surface area contributed by atoms with Crippen LogP contribution in [0.3, 0.4) is 0 Å². The highest BCUT2D eigenvalue weighted by Crippen LogP contribution is 2.18. The van der Waals surface area contributed by atoms with Gasteiger partial charge in [0, 0.05) is 6.20 Å². The maximum Gasteiger partial charge on any atom is 0.289 e. The number of amides is 2. The molecule has 0 radical (unpaired) electrons. The molecule has 1 aromatic carbocycles. The first-order valence-electron chi connectivity index (χ1n) is 7.03. The summed E-state index contributed by atoms with van der Waals surface area (Å²) in [7, 11) is 0. The highest BCUT2D eigenvalue weighted by Gasteiger charge is 2.10. The Morgan fingerprint density at radius 2 is 1.87 bits per heavy atom. The van der Waals surface area contributed by atoms with Crippen molar-refractivity contribution in [2.75, 3.05) is 6.61 Å². The van der Waals surface area contributed by atoms with Crippen LogP contribution in [-0.4, -0.2) is 28.4 Å². The predicted octanol–water partition coefficient (Wildman–Crippen LogP) is 1.24. The van der Waals surface area contributed by atoms with Gasteiger partial charge in [-0.3, -0.25) is 25.4 Å². The van der Waals surface area contributed by atoms with Crippen LogP contribution in [0.2, 0.25) is 0 Å². The summed E-state index contributed by atoms with van der Waals surface area (Å²) in [6, 6.07) is 5.73. The molecule has 2 rings (SSSR count). The molecule has 0 spiro atoms. The predicted molar refractivity (Wildman–Crippen MR) is 83.8 cm³/mol. The number of hydrogen-bond donors (Lipinski definition) is 2. The van der Waals surface area contributed by atoms with Crippen molar-refractivity contribution in [3.05, 3.63) is 53.1 Å². The molecule has 1 heterocycles. The average molecular weight is 314 g/mol. The third kappa shape index (κ3) is 4.77. The van der Waals surface area contributed by atoms with Gasteiger partial charge in [0.15, 0.2) is 6.61 Å². The first-order chi connectivity index (χ1) is 11.0. The Labute approximate surface area is 134 Å². The van der Waals surface area contributed by atoms with Crippen LogP contribution >= 0.6 is 0 Å². The van der Waals surface area contributed by atoms with Crippen molar-refractivity contribution in [3.8, 4) is 5.75 Å². The third-order valence-corrected chi connectivity index (χ3v) is 3.03. The second kappa shape index (κ2) is 7.35. The lowest BCUT2D eigenvalue weighted by Crippen LogP contribution is -2.44. The molecule has 1 aromatic heterocycles. The minimum absolute atomic E-state index is 0.117. The molecule has 7 heteroatoms. The lowest BCUT2D eigenvalue weighted by atomic mass is 10.1. The van der Waals surface area contributed by atoms with Crippen LogP contribution in [0.25, 0.3) is 0 Å². The molecule has 0 unspecified atom stereocenters. The lowest BCUT2D eigenvalue weighted by Gasteiger charge is -2.10. The number of carbonyl (C=O) groups is 2. The van der Waals surface area contributed by atoms with E-state index < -0.39 is 11.8 Å². The summed E-state index contributed by atoms with van der Waals surface area (Å²) >= 11 is 0. The highest BCUT2D eigenvalue weighted by atomic mass is 16.5. The Bertz CT molecular complexity index is 714. The molecule has 0 fully saturated rings. The van der Waals surface area contributed by atoms with Crippen molar-refractivity contribution in [1.82, 2.24) is 20.8 Å². The quantitative estimate of drug-likeness (QED) is 0.828. The van der Waals surface area contributed by atoms with E-state index in [0.717, 1.165) is 11.1 Å². The van der Waals surface area contributed by atoms with Gasteiger partial charge in [-0.25, -0.2) is 4.98 Å². The molecule has 0 bridgehead atoms. The number of hydrogen-bond acceptors (Lipinski definition) is 5. The van der Waals surface area contributed by atoms with Gasteiger partial charge in [0.2, 0.25) is 0 Å². The zero-order chi connectivity index (χ0) is 16.8. The molecule has 0 saturated carbocycles. The maximum atomic E-state index is 11.8. The van der Waals surface area contributed by atoms with E-state index in [9.17, 15) is 9.59 Å². The fourth-order valence-electron chi connectivity index (χ4n) is 1.74. The molecule has 120 valence electrons. The Morgan fingerprint density at radius 1 is 1.09 bits per heavy atom. The monoisotopic (exact) mass is 314 g/mol. The van der Waals surface area contributed by atoms with Crippen LogP contribution in [-0.2, 0) is 4.79 Å². The molecule has 23 heavy (non-hydrogen) atoms. The number of aromatic nitrogens is 2. The van der Waals surface area contributed by atoms with E-state index in [2.05, 4.69) is 20.8 Å². The van der Waals surface area contributed by atoms with Crippen LogP contribution in [0, 0.1) is 20.8 Å². The van der Waals surface area contributed by atoms with Gasteiger partial charge in [-0.2, -0.15) is 0 Å². The van der Waals surface area contributed by atoms with Gasteiger partial charge < -0.3 is 4.74 Å². The number of nitrogens with one attached hydrogen (secondary N) is 2. The summed E-state index contributed by atoms with van der Waals surface area (Å²) in [5.41, 5.74) is 7.32. The number of nitrogens with zero attached hydrogens (tertiary/aromatic N) is 2. The summed E-state index contributed by atoms with van der Waals surface area (Å²) in [6.07, 6.45) is 2.81. The Kier molecular flexibility index (Phi) is 5.24. The second-order valence-electron chi connectivity index (χ2n) is 5.10. The summed E-state index contributed by atoms with van der Waals surface area (Å²) < 4.78 is 5.44. The first kappa shape index (κ1) is 16.4. The summed E-state index contributed by atoms with van der Waals surface area (Å²) in [4.78, 5) is 31.4. The fraction of sp³-hybridized carbons (Fsp3) is 0.250. The largest absolute Gasteiger partial charge is 0.483 e. The minimum Gasteiger partial charge on any atom is -0.483 e. The molecule has 7 nitrogen and oxygen atoms in total. The molecule has 0 aliphatic rings.